The highest BCUT2D eigenvalue weighted by Crippen LogP contribution is 2.36. The van der Waals surface area contributed by atoms with Gasteiger partial charge in [-0.2, -0.15) is 17.5 Å². The van der Waals surface area contributed by atoms with Crippen LogP contribution in [0, 0.1) is 5.82 Å². The van der Waals surface area contributed by atoms with Gasteiger partial charge in [0.25, 0.3) is 0 Å². The number of benzene rings is 1. The number of alkyl halides is 3. The molecule has 0 spiro atoms. The summed E-state index contributed by atoms with van der Waals surface area (Å²) in [7, 11) is -8.01. The van der Waals surface area contributed by atoms with E-state index < -0.39 is 42.6 Å². The lowest BCUT2D eigenvalue weighted by atomic mass is 9.96. The Kier molecular flexibility index (Phi) is 10.1. The smallest absolute Gasteiger partial charge is 0.476 e. The standard InChI is InChI=1S/C21H27FN4O5S2.C2HF3O2/c22-18-3-1-16(2-4-18)17-10-19(14-31-20-9-15(11-23)5-6-25-20)26(13-17)33(29,30)21-12-24-7-8-32(21,27)28;3-2(4,5)1(6)7/h1-6,9,17,19,21,24H,7-8,10-14,23H2;(H,6,7)/t17-,19-,21?;/m1./s1. The average molecular weight is 613 g/mol. The van der Waals surface area contributed by atoms with Gasteiger partial charge in [0.05, 0.1) is 11.8 Å². The molecule has 0 saturated carbocycles. The minimum atomic E-state index is -5.08. The number of halogens is 4. The van der Waals surface area contributed by atoms with Crippen LogP contribution in [-0.4, -0.2) is 86.0 Å². The maximum absolute atomic E-state index is 13.5. The molecule has 2 aromatic rings. The monoisotopic (exact) mass is 612 g/mol. The SMILES string of the molecule is NCc1ccnc(OC[C@H]2C[C@@H](c3ccc(F)cc3)CN2S(=O)(=O)C2CNCCS2(=O)=O)c1.O=C(O)C(F)(F)F. The van der Waals surface area contributed by atoms with E-state index in [4.69, 9.17) is 20.4 Å². The Morgan fingerprint density at radius 3 is 2.45 bits per heavy atom. The summed E-state index contributed by atoms with van der Waals surface area (Å²) in [6.07, 6.45) is -3.12. The molecule has 11 nitrogen and oxygen atoms in total. The molecular formula is C23H28F4N4O7S2. The fourth-order valence-corrected chi connectivity index (χ4v) is 9.05. The number of nitrogens with one attached hydrogen (secondary N) is 1. The molecule has 3 atom stereocenters. The van der Waals surface area contributed by atoms with E-state index in [9.17, 15) is 34.4 Å². The van der Waals surface area contributed by atoms with Crippen LogP contribution in [0.5, 0.6) is 5.88 Å². The first kappa shape index (κ1) is 31.7. The first-order valence-electron chi connectivity index (χ1n) is 11.9. The number of aliphatic carboxylic acids is 1. The first-order valence-corrected chi connectivity index (χ1v) is 15.1. The molecule has 222 valence electrons. The summed E-state index contributed by atoms with van der Waals surface area (Å²) >= 11 is 0. The van der Waals surface area contributed by atoms with Crippen LogP contribution in [0.4, 0.5) is 17.6 Å². The maximum Gasteiger partial charge on any atom is 0.490 e. The summed E-state index contributed by atoms with van der Waals surface area (Å²) in [4.78, 5) is 13.0. The minimum Gasteiger partial charge on any atom is -0.476 e. The van der Waals surface area contributed by atoms with Gasteiger partial charge in [0.2, 0.25) is 15.9 Å². The summed E-state index contributed by atoms with van der Waals surface area (Å²) < 4.78 is 103. The Hall–Kier alpha value is -2.86. The van der Waals surface area contributed by atoms with Gasteiger partial charge in [0, 0.05) is 38.4 Å². The third-order valence-corrected chi connectivity index (χ3v) is 11.6. The number of sulfonamides is 1. The summed E-state index contributed by atoms with van der Waals surface area (Å²) in [5.41, 5.74) is 7.26. The number of aromatic nitrogens is 1. The number of nitrogens with two attached hydrogens (primary N) is 1. The molecule has 4 N–H and O–H groups in total. The zero-order chi connectivity index (χ0) is 29.7. The van der Waals surface area contributed by atoms with Crippen molar-refractivity contribution in [3.63, 3.8) is 0 Å². The number of nitrogens with zero attached hydrogens (tertiary/aromatic N) is 2. The van der Waals surface area contributed by atoms with Crippen molar-refractivity contribution in [3.8, 4) is 5.88 Å². The molecule has 0 aliphatic carbocycles. The Morgan fingerprint density at radius 2 is 1.88 bits per heavy atom. The van der Waals surface area contributed by atoms with Gasteiger partial charge in [-0.25, -0.2) is 31.0 Å². The third kappa shape index (κ3) is 7.87. The van der Waals surface area contributed by atoms with Crippen LogP contribution in [0.2, 0.25) is 0 Å². The highest BCUT2D eigenvalue weighted by atomic mass is 32.3. The van der Waals surface area contributed by atoms with Crippen molar-refractivity contribution >= 4 is 25.8 Å². The Labute approximate surface area is 228 Å². The number of carbonyl (C=O) groups is 1. The lowest BCUT2D eigenvalue weighted by Crippen LogP contribution is -2.54. The molecule has 4 rings (SSSR count). The zero-order valence-corrected chi connectivity index (χ0v) is 22.6. The molecule has 0 radical (unpaired) electrons. The van der Waals surface area contributed by atoms with Crippen LogP contribution in [0.25, 0.3) is 0 Å². The van der Waals surface area contributed by atoms with E-state index in [0.717, 1.165) is 11.1 Å². The fourth-order valence-electron chi connectivity index (χ4n) is 4.30. The largest absolute Gasteiger partial charge is 0.490 e. The summed E-state index contributed by atoms with van der Waals surface area (Å²) in [6.45, 7) is 0.461. The van der Waals surface area contributed by atoms with Crippen molar-refractivity contribution in [1.82, 2.24) is 14.6 Å². The number of carboxylic acid groups (broad SMARTS) is 1. The minimum absolute atomic E-state index is 0.00184. The van der Waals surface area contributed by atoms with E-state index >= 15 is 0 Å². The number of hydrogen-bond acceptors (Lipinski definition) is 9. The first-order chi connectivity index (χ1) is 18.6. The second-order valence-electron chi connectivity index (χ2n) is 9.07. The van der Waals surface area contributed by atoms with Gasteiger partial charge in [-0.1, -0.05) is 12.1 Å². The van der Waals surface area contributed by atoms with Gasteiger partial charge < -0.3 is 20.9 Å². The van der Waals surface area contributed by atoms with E-state index in [1.54, 1.807) is 30.5 Å². The Morgan fingerprint density at radius 1 is 1.23 bits per heavy atom. The average Bonchev–Trinajstić information content (AvgIpc) is 3.33. The molecule has 1 unspecified atom stereocenters. The van der Waals surface area contributed by atoms with Crippen LogP contribution >= 0.6 is 0 Å². The highest BCUT2D eigenvalue weighted by molar-refractivity contribution is 8.08. The molecule has 1 aromatic heterocycles. The predicted octanol–water partition coefficient (Wildman–Crippen LogP) is 1.22. The van der Waals surface area contributed by atoms with Crippen molar-refractivity contribution in [2.45, 2.75) is 35.7 Å². The summed E-state index contributed by atoms with van der Waals surface area (Å²) in [5.74, 6) is -3.29. The second-order valence-corrected chi connectivity index (χ2v) is 13.7. The number of ether oxygens (including phenoxy) is 1. The predicted molar refractivity (Wildman–Crippen MR) is 135 cm³/mol. The molecule has 3 heterocycles. The van der Waals surface area contributed by atoms with Crippen LogP contribution in [0.3, 0.4) is 0 Å². The van der Waals surface area contributed by atoms with Crippen molar-refractivity contribution in [2.24, 2.45) is 5.73 Å². The molecule has 17 heteroatoms. The number of carboxylic acids is 1. The van der Waals surface area contributed by atoms with E-state index in [-0.39, 0.29) is 43.7 Å². The van der Waals surface area contributed by atoms with E-state index in [0.29, 0.717) is 18.8 Å². The topological polar surface area (TPSA) is 169 Å². The Bertz CT molecular complexity index is 1390. The lowest BCUT2D eigenvalue weighted by Gasteiger charge is -2.30. The molecule has 2 saturated heterocycles. The van der Waals surface area contributed by atoms with Crippen molar-refractivity contribution < 1.29 is 49.0 Å². The Balaban J connectivity index is 0.000000559. The van der Waals surface area contributed by atoms with Gasteiger partial charge in [0.15, 0.2) is 14.4 Å². The molecule has 2 aliphatic heterocycles. The molecule has 0 bridgehead atoms. The van der Waals surface area contributed by atoms with E-state index in [1.807, 2.05) is 0 Å². The molecule has 2 aliphatic rings. The molecule has 40 heavy (non-hydrogen) atoms. The van der Waals surface area contributed by atoms with Gasteiger partial charge in [-0.3, -0.25) is 0 Å². The van der Waals surface area contributed by atoms with E-state index in [2.05, 4.69) is 10.3 Å². The lowest BCUT2D eigenvalue weighted by molar-refractivity contribution is -0.192. The quantitative estimate of drug-likeness (QED) is 0.387. The molecule has 1 aromatic carbocycles. The van der Waals surface area contributed by atoms with Crippen LogP contribution < -0.4 is 15.8 Å². The second kappa shape index (κ2) is 12.8. The molecule has 2 fully saturated rings. The van der Waals surface area contributed by atoms with Gasteiger partial charge in [0.1, 0.15) is 12.4 Å². The number of pyridine rings is 1. The normalized spacial score (nSPS) is 23.2. The van der Waals surface area contributed by atoms with Crippen molar-refractivity contribution in [3.05, 3.63) is 59.5 Å². The number of hydrogen-bond donors (Lipinski definition) is 3. The number of sulfone groups is 1. The van der Waals surface area contributed by atoms with Gasteiger partial charge in [-0.15, -0.1) is 0 Å². The van der Waals surface area contributed by atoms with Crippen LogP contribution in [0.1, 0.15) is 23.5 Å². The maximum atomic E-state index is 13.5. The highest BCUT2D eigenvalue weighted by Gasteiger charge is 2.49. The van der Waals surface area contributed by atoms with E-state index in [1.165, 1.54) is 16.4 Å². The van der Waals surface area contributed by atoms with Crippen molar-refractivity contribution in [2.75, 3.05) is 32.0 Å². The van der Waals surface area contributed by atoms with Gasteiger partial charge >= 0.3 is 12.1 Å². The van der Waals surface area contributed by atoms with Gasteiger partial charge in [-0.05, 0) is 41.7 Å². The number of rotatable bonds is 7. The summed E-state index contributed by atoms with van der Waals surface area (Å²) in [5, 5.41) is 10.00. The third-order valence-electron chi connectivity index (χ3n) is 6.34. The fraction of sp³-hybridized carbons (Fsp3) is 0.478. The molecule has 0 amide bonds. The van der Waals surface area contributed by atoms with Crippen LogP contribution in [0.15, 0.2) is 42.6 Å². The van der Waals surface area contributed by atoms with Crippen molar-refractivity contribution in [1.29, 1.82) is 0 Å². The summed E-state index contributed by atoms with van der Waals surface area (Å²) in [6, 6.07) is 8.74. The molecular weight excluding hydrogens is 584 g/mol. The van der Waals surface area contributed by atoms with Crippen LogP contribution in [-0.2, 0) is 31.2 Å². The zero-order valence-electron chi connectivity index (χ0n) is 20.9.